The van der Waals surface area contributed by atoms with E-state index in [1.165, 1.54) is 6.92 Å². The van der Waals surface area contributed by atoms with Gasteiger partial charge in [-0.05, 0) is 6.92 Å². The van der Waals surface area contributed by atoms with Crippen molar-refractivity contribution in [1.29, 1.82) is 0 Å². The summed E-state index contributed by atoms with van der Waals surface area (Å²) in [5, 5.41) is 13.1. The summed E-state index contributed by atoms with van der Waals surface area (Å²) in [5.41, 5.74) is 0. The highest BCUT2D eigenvalue weighted by atomic mass is 32.2. The zero-order chi connectivity index (χ0) is 7.49. The Morgan fingerprint density at radius 3 is 2.33 bits per heavy atom. The number of hydrogen-bond donors (Lipinski definition) is 3. The number of nitrogens with one attached hydrogen (secondary N) is 1. The molecule has 0 bridgehead atoms. The Morgan fingerprint density at radius 1 is 1.78 bits per heavy atom. The molecule has 0 fully saturated rings. The summed E-state index contributed by atoms with van der Waals surface area (Å²) in [5.74, 6) is 0. The Kier molecular flexibility index (Phi) is 3.06. The second kappa shape index (κ2) is 3.11. The molecule has 0 aromatic rings. The van der Waals surface area contributed by atoms with Gasteiger partial charge in [0.05, 0.1) is 6.10 Å². The van der Waals surface area contributed by atoms with Crippen LogP contribution in [0.5, 0.6) is 0 Å². The predicted molar refractivity (Wildman–Crippen MR) is 32.8 cm³/mol. The van der Waals surface area contributed by atoms with Crippen LogP contribution >= 0.6 is 0 Å². The third-order valence-corrected chi connectivity index (χ3v) is 1.15. The fourth-order valence-corrected chi connectivity index (χ4v) is 0.710. The third kappa shape index (κ3) is 7.83. The van der Waals surface area contributed by atoms with Crippen LogP contribution in [0.15, 0.2) is 0 Å². The summed E-state index contributed by atoms with van der Waals surface area (Å²) in [4.78, 5) is 0. The van der Waals surface area contributed by atoms with Crippen LogP contribution in [-0.4, -0.2) is 26.2 Å². The molecule has 0 saturated heterocycles. The van der Waals surface area contributed by atoms with E-state index in [0.717, 1.165) is 0 Å². The summed E-state index contributed by atoms with van der Waals surface area (Å²) in [6, 6.07) is 0. The molecule has 0 unspecified atom stereocenters. The minimum absolute atomic E-state index is 0.0428. The van der Waals surface area contributed by atoms with E-state index in [-0.39, 0.29) is 6.54 Å². The highest BCUT2D eigenvalue weighted by Gasteiger charge is 2.01. The van der Waals surface area contributed by atoms with Crippen LogP contribution in [0.4, 0.5) is 0 Å². The first-order valence-electron chi connectivity index (χ1n) is 2.37. The number of nitrogens with two attached hydrogens (primary N) is 1. The van der Waals surface area contributed by atoms with Crippen LogP contribution in [0.3, 0.4) is 0 Å². The Labute approximate surface area is 54.0 Å². The summed E-state index contributed by atoms with van der Waals surface area (Å²) in [7, 11) is -3.63. The fourth-order valence-electron chi connectivity index (χ4n) is 0.237. The zero-order valence-corrected chi connectivity index (χ0v) is 5.85. The summed E-state index contributed by atoms with van der Waals surface area (Å²) in [6.07, 6.45) is -0.705. The van der Waals surface area contributed by atoms with Gasteiger partial charge in [0.25, 0.3) is 10.2 Å². The van der Waals surface area contributed by atoms with E-state index in [0.29, 0.717) is 0 Å². The molecule has 0 amide bonds. The van der Waals surface area contributed by atoms with Crippen LogP contribution in [-0.2, 0) is 10.2 Å². The Morgan fingerprint density at radius 2 is 2.22 bits per heavy atom. The van der Waals surface area contributed by atoms with Gasteiger partial charge in [0.15, 0.2) is 0 Å². The van der Waals surface area contributed by atoms with Crippen molar-refractivity contribution in [2.24, 2.45) is 5.14 Å². The van der Waals surface area contributed by atoms with Gasteiger partial charge >= 0.3 is 0 Å². The highest BCUT2D eigenvalue weighted by Crippen LogP contribution is 1.75. The number of hydrogen-bond acceptors (Lipinski definition) is 3. The predicted octanol–water partition coefficient (Wildman–Crippen LogP) is -1.84. The van der Waals surface area contributed by atoms with Crippen molar-refractivity contribution in [3.63, 3.8) is 0 Å². The van der Waals surface area contributed by atoms with Gasteiger partial charge in [-0.2, -0.15) is 13.1 Å². The molecule has 1 atom stereocenters. The first kappa shape index (κ1) is 8.83. The lowest BCUT2D eigenvalue weighted by Crippen LogP contribution is -2.35. The summed E-state index contributed by atoms with van der Waals surface area (Å²) < 4.78 is 22.1. The molecule has 9 heavy (non-hydrogen) atoms. The zero-order valence-electron chi connectivity index (χ0n) is 5.03. The van der Waals surface area contributed by atoms with Gasteiger partial charge in [-0.25, -0.2) is 5.14 Å². The topological polar surface area (TPSA) is 92.4 Å². The minimum Gasteiger partial charge on any atom is -0.392 e. The van der Waals surface area contributed by atoms with Gasteiger partial charge in [-0.3, -0.25) is 0 Å². The lowest BCUT2D eigenvalue weighted by Gasteiger charge is -2.02. The molecule has 0 spiro atoms. The smallest absolute Gasteiger partial charge is 0.274 e. The van der Waals surface area contributed by atoms with E-state index in [1.54, 1.807) is 0 Å². The van der Waals surface area contributed by atoms with E-state index < -0.39 is 16.3 Å². The van der Waals surface area contributed by atoms with E-state index in [1.807, 2.05) is 4.72 Å². The molecule has 0 radical (unpaired) electrons. The van der Waals surface area contributed by atoms with Crippen molar-refractivity contribution < 1.29 is 13.5 Å². The second-order valence-corrected chi connectivity index (χ2v) is 3.12. The molecule has 0 aromatic heterocycles. The molecule has 0 heterocycles. The van der Waals surface area contributed by atoms with E-state index in [4.69, 9.17) is 5.11 Å². The molecule has 0 aromatic carbocycles. The highest BCUT2D eigenvalue weighted by molar-refractivity contribution is 7.87. The van der Waals surface area contributed by atoms with Gasteiger partial charge in [0, 0.05) is 6.54 Å². The lowest BCUT2D eigenvalue weighted by molar-refractivity contribution is 0.198. The Bertz CT molecular complexity index is 162. The summed E-state index contributed by atoms with van der Waals surface area (Å²) >= 11 is 0. The molecule has 6 heteroatoms. The van der Waals surface area contributed by atoms with Crippen molar-refractivity contribution in [3.05, 3.63) is 0 Å². The van der Waals surface area contributed by atoms with Crippen LogP contribution < -0.4 is 9.86 Å². The molecule has 0 aliphatic rings. The van der Waals surface area contributed by atoms with E-state index in [9.17, 15) is 8.42 Å². The van der Waals surface area contributed by atoms with Gasteiger partial charge < -0.3 is 5.11 Å². The van der Waals surface area contributed by atoms with Crippen molar-refractivity contribution in [1.82, 2.24) is 4.72 Å². The molecule has 4 N–H and O–H groups in total. The Balaban J connectivity index is 3.53. The maximum absolute atomic E-state index is 10.1. The quantitative estimate of drug-likeness (QED) is 0.446. The van der Waals surface area contributed by atoms with Crippen molar-refractivity contribution in [2.75, 3.05) is 6.54 Å². The maximum atomic E-state index is 10.1. The van der Waals surface area contributed by atoms with Crippen molar-refractivity contribution >= 4 is 10.2 Å². The molecule has 0 rings (SSSR count). The third-order valence-electron chi connectivity index (χ3n) is 0.580. The largest absolute Gasteiger partial charge is 0.392 e. The SMILES string of the molecule is C[C@@H](O)CNS(N)(=O)=O. The molecule has 5 nitrogen and oxygen atoms in total. The van der Waals surface area contributed by atoms with Gasteiger partial charge in [-0.1, -0.05) is 0 Å². The first-order chi connectivity index (χ1) is 3.92. The lowest BCUT2D eigenvalue weighted by atomic mass is 10.4. The van der Waals surface area contributed by atoms with E-state index >= 15 is 0 Å². The second-order valence-electron chi connectivity index (χ2n) is 1.74. The van der Waals surface area contributed by atoms with Crippen LogP contribution in [0, 0.1) is 0 Å². The number of aliphatic hydroxyl groups excluding tert-OH is 1. The van der Waals surface area contributed by atoms with Gasteiger partial charge in [0.1, 0.15) is 0 Å². The van der Waals surface area contributed by atoms with Crippen LogP contribution in [0.2, 0.25) is 0 Å². The molecule has 0 aliphatic heterocycles. The standard InChI is InChI=1S/C3H10N2O3S/c1-3(6)2-5-9(4,7)8/h3,5-6H,2H2,1H3,(H2,4,7,8)/t3-/m1/s1. The van der Waals surface area contributed by atoms with E-state index in [2.05, 4.69) is 5.14 Å². The fraction of sp³-hybridized carbons (Fsp3) is 1.00. The van der Waals surface area contributed by atoms with Crippen LogP contribution in [0.25, 0.3) is 0 Å². The number of aliphatic hydroxyl groups is 1. The molecule has 0 saturated carbocycles. The van der Waals surface area contributed by atoms with Gasteiger partial charge in [0.2, 0.25) is 0 Å². The van der Waals surface area contributed by atoms with Crippen LogP contribution in [0.1, 0.15) is 6.92 Å². The normalized spacial score (nSPS) is 15.4. The minimum atomic E-state index is -3.63. The molecule has 56 valence electrons. The van der Waals surface area contributed by atoms with Crippen molar-refractivity contribution in [3.8, 4) is 0 Å². The molecular weight excluding hydrogens is 144 g/mol. The van der Waals surface area contributed by atoms with Gasteiger partial charge in [-0.15, -0.1) is 0 Å². The average molecular weight is 154 g/mol. The molecule has 0 aliphatic carbocycles. The monoisotopic (exact) mass is 154 g/mol. The number of rotatable bonds is 3. The first-order valence-corrected chi connectivity index (χ1v) is 3.92. The maximum Gasteiger partial charge on any atom is 0.274 e. The Hall–Kier alpha value is -0.170. The van der Waals surface area contributed by atoms with Crippen molar-refractivity contribution in [2.45, 2.75) is 13.0 Å². The average Bonchev–Trinajstić information content (AvgIpc) is 1.59. The molecular formula is C3H10N2O3S. The summed E-state index contributed by atoms with van der Waals surface area (Å²) in [6.45, 7) is 1.41.